The molecule has 0 atom stereocenters. The quantitative estimate of drug-likeness (QED) is 0.906. The molecule has 1 heterocycles. The number of halogens is 1. The third-order valence-electron chi connectivity index (χ3n) is 3.89. The minimum absolute atomic E-state index is 0. The first-order chi connectivity index (χ1) is 9.26. The van der Waals surface area contributed by atoms with Gasteiger partial charge in [-0.05, 0) is 56.1 Å². The Morgan fingerprint density at radius 2 is 1.80 bits per heavy atom. The molecule has 0 bridgehead atoms. The van der Waals surface area contributed by atoms with E-state index in [4.69, 9.17) is 15.2 Å². The fourth-order valence-electron chi connectivity index (χ4n) is 2.62. The van der Waals surface area contributed by atoms with Crippen LogP contribution in [0.25, 0.3) is 0 Å². The minimum Gasteiger partial charge on any atom is -0.493 e. The molecule has 1 saturated heterocycles. The SMILES string of the molecule is COc1ccc(CN2CCC(CN)CC2)cc1OC.Cl. The number of piperidine rings is 1. The summed E-state index contributed by atoms with van der Waals surface area (Å²) in [5.74, 6) is 2.30. The normalized spacial score (nSPS) is 16.6. The van der Waals surface area contributed by atoms with Crippen molar-refractivity contribution >= 4 is 12.4 Å². The van der Waals surface area contributed by atoms with Crippen molar-refractivity contribution in [1.82, 2.24) is 4.90 Å². The molecule has 0 amide bonds. The van der Waals surface area contributed by atoms with Gasteiger partial charge in [-0.2, -0.15) is 0 Å². The minimum atomic E-state index is 0. The van der Waals surface area contributed by atoms with Crippen molar-refractivity contribution in [3.8, 4) is 11.5 Å². The molecule has 1 aromatic carbocycles. The Hall–Kier alpha value is -0.970. The van der Waals surface area contributed by atoms with Crippen molar-refractivity contribution in [2.45, 2.75) is 19.4 Å². The zero-order chi connectivity index (χ0) is 13.7. The van der Waals surface area contributed by atoms with E-state index >= 15 is 0 Å². The van der Waals surface area contributed by atoms with Gasteiger partial charge in [0.1, 0.15) is 0 Å². The first kappa shape index (κ1) is 17.1. The molecule has 0 aliphatic carbocycles. The summed E-state index contributed by atoms with van der Waals surface area (Å²) in [7, 11) is 3.34. The summed E-state index contributed by atoms with van der Waals surface area (Å²) in [4.78, 5) is 2.48. The van der Waals surface area contributed by atoms with Gasteiger partial charge in [-0.25, -0.2) is 0 Å². The zero-order valence-electron chi connectivity index (χ0n) is 12.3. The fraction of sp³-hybridized carbons (Fsp3) is 0.600. The maximum Gasteiger partial charge on any atom is 0.161 e. The van der Waals surface area contributed by atoms with E-state index in [1.807, 2.05) is 6.07 Å². The highest BCUT2D eigenvalue weighted by Crippen LogP contribution is 2.28. The van der Waals surface area contributed by atoms with Gasteiger partial charge in [-0.15, -0.1) is 12.4 Å². The van der Waals surface area contributed by atoms with Crippen molar-refractivity contribution in [2.75, 3.05) is 33.9 Å². The Labute approximate surface area is 127 Å². The number of rotatable bonds is 5. The Kier molecular flexibility index (Phi) is 7.13. The van der Waals surface area contributed by atoms with Gasteiger partial charge in [0, 0.05) is 6.54 Å². The van der Waals surface area contributed by atoms with Gasteiger partial charge >= 0.3 is 0 Å². The number of hydrogen-bond donors (Lipinski definition) is 1. The number of benzene rings is 1. The highest BCUT2D eigenvalue weighted by Gasteiger charge is 2.18. The molecular weight excluding hydrogens is 276 g/mol. The van der Waals surface area contributed by atoms with Gasteiger partial charge in [0.15, 0.2) is 11.5 Å². The van der Waals surface area contributed by atoms with Gasteiger partial charge in [0.05, 0.1) is 14.2 Å². The molecule has 1 aromatic rings. The number of nitrogens with two attached hydrogens (primary N) is 1. The van der Waals surface area contributed by atoms with Crippen molar-refractivity contribution in [1.29, 1.82) is 0 Å². The van der Waals surface area contributed by atoms with Crippen molar-refractivity contribution in [2.24, 2.45) is 11.7 Å². The smallest absolute Gasteiger partial charge is 0.161 e. The van der Waals surface area contributed by atoms with E-state index in [9.17, 15) is 0 Å². The van der Waals surface area contributed by atoms with Crippen molar-refractivity contribution in [3.63, 3.8) is 0 Å². The molecule has 0 unspecified atom stereocenters. The van der Waals surface area contributed by atoms with Gasteiger partial charge in [0.2, 0.25) is 0 Å². The number of hydrogen-bond acceptors (Lipinski definition) is 4. The van der Waals surface area contributed by atoms with Crippen LogP contribution in [0, 0.1) is 5.92 Å². The topological polar surface area (TPSA) is 47.7 Å². The lowest BCUT2D eigenvalue weighted by molar-refractivity contribution is 0.180. The van der Waals surface area contributed by atoms with Crippen LogP contribution in [0.15, 0.2) is 18.2 Å². The number of ether oxygens (including phenoxy) is 2. The Balaban J connectivity index is 0.00000200. The summed E-state index contributed by atoms with van der Waals surface area (Å²) in [5, 5.41) is 0. The number of likely N-dealkylation sites (tertiary alicyclic amines) is 1. The molecule has 0 saturated carbocycles. The maximum absolute atomic E-state index is 5.72. The Morgan fingerprint density at radius 1 is 1.15 bits per heavy atom. The summed E-state index contributed by atoms with van der Waals surface area (Å²) < 4.78 is 10.6. The van der Waals surface area contributed by atoms with Crippen LogP contribution in [0.1, 0.15) is 18.4 Å². The van der Waals surface area contributed by atoms with Crippen LogP contribution in [0.5, 0.6) is 11.5 Å². The fourth-order valence-corrected chi connectivity index (χ4v) is 2.62. The average Bonchev–Trinajstić information content (AvgIpc) is 2.48. The lowest BCUT2D eigenvalue weighted by Crippen LogP contribution is -2.35. The van der Waals surface area contributed by atoms with E-state index in [1.165, 1.54) is 18.4 Å². The van der Waals surface area contributed by atoms with Gasteiger partial charge < -0.3 is 15.2 Å². The van der Waals surface area contributed by atoms with Crippen LogP contribution < -0.4 is 15.2 Å². The van der Waals surface area contributed by atoms with E-state index < -0.39 is 0 Å². The van der Waals surface area contributed by atoms with E-state index in [0.29, 0.717) is 5.92 Å². The molecule has 0 aromatic heterocycles. The second kappa shape index (κ2) is 8.35. The predicted octanol–water partition coefficient (Wildman–Crippen LogP) is 2.30. The third-order valence-corrected chi connectivity index (χ3v) is 3.89. The zero-order valence-corrected chi connectivity index (χ0v) is 13.1. The van der Waals surface area contributed by atoms with Crippen LogP contribution in [0.2, 0.25) is 0 Å². The van der Waals surface area contributed by atoms with E-state index in [-0.39, 0.29) is 12.4 Å². The van der Waals surface area contributed by atoms with Crippen LogP contribution in [0.3, 0.4) is 0 Å². The Bertz CT molecular complexity index is 407. The van der Waals surface area contributed by atoms with E-state index in [0.717, 1.165) is 37.7 Å². The highest BCUT2D eigenvalue weighted by molar-refractivity contribution is 5.85. The number of nitrogens with zero attached hydrogens (tertiary/aromatic N) is 1. The van der Waals surface area contributed by atoms with Gasteiger partial charge in [0.25, 0.3) is 0 Å². The predicted molar refractivity (Wildman–Crippen MR) is 83.8 cm³/mol. The van der Waals surface area contributed by atoms with Gasteiger partial charge in [-0.1, -0.05) is 6.07 Å². The molecule has 4 nitrogen and oxygen atoms in total. The molecule has 20 heavy (non-hydrogen) atoms. The second-order valence-electron chi connectivity index (χ2n) is 5.14. The largest absolute Gasteiger partial charge is 0.493 e. The molecule has 0 spiro atoms. The molecule has 5 heteroatoms. The average molecular weight is 301 g/mol. The first-order valence-corrected chi connectivity index (χ1v) is 6.90. The standard InChI is InChI=1S/C15H24N2O2.ClH/c1-18-14-4-3-13(9-15(14)19-2)11-17-7-5-12(10-16)6-8-17;/h3-4,9,12H,5-8,10-11,16H2,1-2H3;1H. The molecule has 1 fully saturated rings. The highest BCUT2D eigenvalue weighted by atomic mass is 35.5. The summed E-state index contributed by atoms with van der Waals surface area (Å²) in [6.07, 6.45) is 2.42. The first-order valence-electron chi connectivity index (χ1n) is 6.90. The molecule has 1 aliphatic heterocycles. The molecular formula is C15H25ClN2O2. The lowest BCUT2D eigenvalue weighted by atomic mass is 9.97. The number of methoxy groups -OCH3 is 2. The second-order valence-corrected chi connectivity index (χ2v) is 5.14. The summed E-state index contributed by atoms with van der Waals surface area (Å²) in [6, 6.07) is 6.14. The van der Waals surface area contributed by atoms with Crippen molar-refractivity contribution < 1.29 is 9.47 Å². The summed E-state index contributed by atoms with van der Waals surface area (Å²) in [6.45, 7) is 4.06. The molecule has 2 N–H and O–H groups in total. The van der Waals surface area contributed by atoms with Gasteiger partial charge in [-0.3, -0.25) is 4.90 Å². The van der Waals surface area contributed by atoms with Crippen LogP contribution >= 0.6 is 12.4 Å². The lowest BCUT2D eigenvalue weighted by Gasteiger charge is -2.31. The summed E-state index contributed by atoms with van der Waals surface area (Å²) in [5.41, 5.74) is 6.99. The Morgan fingerprint density at radius 3 is 2.35 bits per heavy atom. The third kappa shape index (κ3) is 4.27. The van der Waals surface area contributed by atoms with Crippen molar-refractivity contribution in [3.05, 3.63) is 23.8 Å². The molecule has 2 rings (SSSR count). The monoisotopic (exact) mass is 300 g/mol. The molecule has 0 radical (unpaired) electrons. The van der Waals surface area contributed by atoms with E-state index in [2.05, 4.69) is 17.0 Å². The molecule has 1 aliphatic rings. The summed E-state index contributed by atoms with van der Waals surface area (Å²) >= 11 is 0. The van der Waals surface area contributed by atoms with Crippen LogP contribution in [-0.2, 0) is 6.54 Å². The van der Waals surface area contributed by atoms with Crippen LogP contribution in [-0.4, -0.2) is 38.8 Å². The maximum atomic E-state index is 5.72. The van der Waals surface area contributed by atoms with Crippen LogP contribution in [0.4, 0.5) is 0 Å². The molecule has 114 valence electrons. The van der Waals surface area contributed by atoms with E-state index in [1.54, 1.807) is 14.2 Å².